The summed E-state index contributed by atoms with van der Waals surface area (Å²) in [6.45, 7) is 5.52. The molecule has 0 spiro atoms. The molecular weight excluding hydrogens is 219 g/mol. The molecule has 0 fully saturated rings. The van der Waals surface area contributed by atoms with Crippen LogP contribution in [0.25, 0.3) is 0 Å². The van der Waals surface area contributed by atoms with Gasteiger partial charge in [-0.2, -0.15) is 0 Å². The smallest absolute Gasteiger partial charge is 0.251 e. The van der Waals surface area contributed by atoms with E-state index in [1.54, 1.807) is 13.0 Å². The van der Waals surface area contributed by atoms with Crippen LogP contribution >= 0.6 is 0 Å². The van der Waals surface area contributed by atoms with E-state index in [4.69, 9.17) is 5.73 Å². The first-order valence-corrected chi connectivity index (χ1v) is 5.72. The summed E-state index contributed by atoms with van der Waals surface area (Å²) in [5.74, 6) is -0.657. The molecule has 0 aliphatic rings. The number of hydrogen-bond acceptors (Lipinski definition) is 2. The minimum atomic E-state index is -0.394. The van der Waals surface area contributed by atoms with Crippen LogP contribution in [0.2, 0.25) is 0 Å². The lowest BCUT2D eigenvalue weighted by Crippen LogP contribution is -2.36. The van der Waals surface area contributed by atoms with Crippen LogP contribution in [0.15, 0.2) is 18.2 Å². The van der Waals surface area contributed by atoms with Gasteiger partial charge in [0.15, 0.2) is 0 Å². The molecule has 0 aliphatic carbocycles. The van der Waals surface area contributed by atoms with E-state index in [-0.39, 0.29) is 18.0 Å². The summed E-state index contributed by atoms with van der Waals surface area (Å²) in [6, 6.07) is 4.30. The second-order valence-electron chi connectivity index (χ2n) is 4.60. The zero-order valence-corrected chi connectivity index (χ0v) is 10.5. The van der Waals surface area contributed by atoms with Gasteiger partial charge >= 0.3 is 0 Å². The lowest BCUT2D eigenvalue weighted by atomic mass is 10.1. The molecule has 0 saturated carbocycles. The topological polar surface area (TPSA) is 55.1 Å². The van der Waals surface area contributed by atoms with Crippen LogP contribution in [0.1, 0.15) is 36.2 Å². The SMILES string of the molecule is Cc1cc(F)cc(C(=O)NC(C)CC(C)N)c1. The monoisotopic (exact) mass is 238 g/mol. The van der Waals surface area contributed by atoms with Crippen LogP contribution in [0.5, 0.6) is 0 Å². The number of amides is 1. The van der Waals surface area contributed by atoms with Gasteiger partial charge < -0.3 is 11.1 Å². The third kappa shape index (κ3) is 4.53. The Balaban J connectivity index is 2.69. The van der Waals surface area contributed by atoms with Crippen molar-refractivity contribution < 1.29 is 9.18 Å². The maximum Gasteiger partial charge on any atom is 0.251 e. The number of aryl methyl sites for hydroxylation is 1. The van der Waals surface area contributed by atoms with Crippen LogP contribution in [0, 0.1) is 12.7 Å². The highest BCUT2D eigenvalue weighted by Crippen LogP contribution is 2.09. The van der Waals surface area contributed by atoms with Crippen molar-refractivity contribution in [3.05, 3.63) is 35.1 Å². The summed E-state index contributed by atoms with van der Waals surface area (Å²) in [5.41, 5.74) is 6.72. The summed E-state index contributed by atoms with van der Waals surface area (Å²) in [6.07, 6.45) is 0.694. The van der Waals surface area contributed by atoms with Gasteiger partial charge in [0, 0.05) is 17.6 Å². The lowest BCUT2D eigenvalue weighted by molar-refractivity contribution is 0.0937. The number of carbonyl (C=O) groups excluding carboxylic acids is 1. The number of rotatable bonds is 4. The summed E-state index contributed by atoms with van der Waals surface area (Å²) < 4.78 is 13.1. The van der Waals surface area contributed by atoms with E-state index >= 15 is 0 Å². The number of hydrogen-bond donors (Lipinski definition) is 2. The van der Waals surface area contributed by atoms with Gasteiger partial charge in [-0.05, 0) is 51.0 Å². The Morgan fingerprint density at radius 2 is 2.06 bits per heavy atom. The van der Waals surface area contributed by atoms with Crippen LogP contribution in [-0.4, -0.2) is 18.0 Å². The summed E-state index contributed by atoms with van der Waals surface area (Å²) in [4.78, 5) is 11.8. The van der Waals surface area contributed by atoms with Crippen molar-refractivity contribution in [2.24, 2.45) is 5.73 Å². The van der Waals surface area contributed by atoms with Crippen molar-refractivity contribution in [2.75, 3.05) is 0 Å². The fourth-order valence-electron chi connectivity index (χ4n) is 1.79. The van der Waals surface area contributed by atoms with Crippen LogP contribution in [-0.2, 0) is 0 Å². The standard InChI is InChI=1S/C13H19FN2O/c1-8-4-11(7-12(14)5-8)13(17)16-10(3)6-9(2)15/h4-5,7,9-10H,6,15H2,1-3H3,(H,16,17). The first kappa shape index (κ1) is 13.6. The molecule has 1 aromatic carbocycles. The molecule has 94 valence electrons. The van der Waals surface area contributed by atoms with Crippen molar-refractivity contribution in [3.63, 3.8) is 0 Å². The van der Waals surface area contributed by atoms with Crippen molar-refractivity contribution in [1.82, 2.24) is 5.32 Å². The molecule has 0 heterocycles. The second-order valence-corrected chi connectivity index (χ2v) is 4.60. The lowest BCUT2D eigenvalue weighted by Gasteiger charge is -2.16. The highest BCUT2D eigenvalue weighted by Gasteiger charge is 2.12. The first-order valence-electron chi connectivity index (χ1n) is 5.72. The van der Waals surface area contributed by atoms with Gasteiger partial charge in [-0.3, -0.25) is 4.79 Å². The number of carbonyl (C=O) groups is 1. The molecule has 0 radical (unpaired) electrons. The normalized spacial score (nSPS) is 14.2. The van der Waals surface area contributed by atoms with E-state index in [1.165, 1.54) is 12.1 Å². The van der Waals surface area contributed by atoms with Gasteiger partial charge in [0.1, 0.15) is 5.82 Å². The Labute approximate surface area is 101 Å². The Kier molecular flexibility index (Phi) is 4.63. The minimum absolute atomic E-state index is 0.0222. The van der Waals surface area contributed by atoms with Crippen molar-refractivity contribution in [3.8, 4) is 0 Å². The van der Waals surface area contributed by atoms with Crippen LogP contribution < -0.4 is 11.1 Å². The molecule has 0 saturated heterocycles. The molecule has 1 amide bonds. The fourth-order valence-corrected chi connectivity index (χ4v) is 1.79. The van der Waals surface area contributed by atoms with Gasteiger partial charge in [-0.1, -0.05) is 0 Å². The van der Waals surface area contributed by atoms with Crippen LogP contribution in [0.3, 0.4) is 0 Å². The van der Waals surface area contributed by atoms with E-state index in [1.807, 2.05) is 13.8 Å². The predicted molar refractivity (Wildman–Crippen MR) is 66.3 cm³/mol. The number of benzene rings is 1. The zero-order chi connectivity index (χ0) is 13.0. The second kappa shape index (κ2) is 5.77. The molecule has 3 nitrogen and oxygen atoms in total. The minimum Gasteiger partial charge on any atom is -0.350 e. The first-order chi connectivity index (χ1) is 7.88. The number of nitrogens with one attached hydrogen (secondary N) is 1. The van der Waals surface area contributed by atoms with E-state index in [0.717, 1.165) is 5.56 Å². The van der Waals surface area contributed by atoms with Gasteiger partial charge in [-0.25, -0.2) is 4.39 Å². The maximum absolute atomic E-state index is 13.1. The molecule has 1 rings (SSSR count). The quantitative estimate of drug-likeness (QED) is 0.842. The number of nitrogens with two attached hydrogens (primary N) is 1. The Hall–Kier alpha value is -1.42. The summed E-state index contributed by atoms with van der Waals surface area (Å²) in [7, 11) is 0. The van der Waals surface area contributed by atoms with Crippen LogP contribution in [0.4, 0.5) is 4.39 Å². The zero-order valence-electron chi connectivity index (χ0n) is 10.5. The molecule has 3 N–H and O–H groups in total. The molecule has 0 aromatic heterocycles. The molecule has 1 aromatic rings. The largest absolute Gasteiger partial charge is 0.350 e. The van der Waals surface area contributed by atoms with E-state index in [9.17, 15) is 9.18 Å². The molecule has 4 heteroatoms. The van der Waals surface area contributed by atoms with Gasteiger partial charge in [0.05, 0.1) is 0 Å². The Morgan fingerprint density at radius 3 is 2.59 bits per heavy atom. The maximum atomic E-state index is 13.1. The molecule has 0 bridgehead atoms. The van der Waals surface area contributed by atoms with Gasteiger partial charge in [-0.15, -0.1) is 0 Å². The third-order valence-corrected chi connectivity index (χ3v) is 2.41. The highest BCUT2D eigenvalue weighted by molar-refractivity contribution is 5.94. The van der Waals surface area contributed by atoms with Crippen molar-refractivity contribution in [1.29, 1.82) is 0 Å². The van der Waals surface area contributed by atoms with Gasteiger partial charge in [0.2, 0.25) is 0 Å². The average molecular weight is 238 g/mol. The third-order valence-electron chi connectivity index (χ3n) is 2.41. The number of halogens is 1. The van der Waals surface area contributed by atoms with E-state index < -0.39 is 5.82 Å². The molecular formula is C13H19FN2O. The molecule has 0 aliphatic heterocycles. The summed E-state index contributed by atoms with van der Waals surface area (Å²) in [5, 5.41) is 2.80. The average Bonchev–Trinajstić information content (AvgIpc) is 2.14. The molecule has 17 heavy (non-hydrogen) atoms. The summed E-state index contributed by atoms with van der Waals surface area (Å²) >= 11 is 0. The molecule has 2 unspecified atom stereocenters. The fraction of sp³-hybridized carbons (Fsp3) is 0.462. The Morgan fingerprint density at radius 1 is 1.41 bits per heavy atom. The predicted octanol–water partition coefficient (Wildman–Crippen LogP) is 1.99. The van der Waals surface area contributed by atoms with E-state index in [2.05, 4.69) is 5.32 Å². The van der Waals surface area contributed by atoms with Crippen molar-refractivity contribution >= 4 is 5.91 Å². The van der Waals surface area contributed by atoms with E-state index in [0.29, 0.717) is 12.0 Å². The molecule has 2 atom stereocenters. The van der Waals surface area contributed by atoms with Gasteiger partial charge in [0.25, 0.3) is 5.91 Å². The Bertz CT molecular complexity index is 384. The van der Waals surface area contributed by atoms with Crippen molar-refractivity contribution in [2.45, 2.75) is 39.3 Å². The highest BCUT2D eigenvalue weighted by atomic mass is 19.1.